The summed E-state index contributed by atoms with van der Waals surface area (Å²) >= 11 is 5.77. The quantitative estimate of drug-likeness (QED) is 0.268. The van der Waals surface area contributed by atoms with Gasteiger partial charge in [0.2, 0.25) is 6.79 Å². The van der Waals surface area contributed by atoms with E-state index in [1.54, 1.807) is 30.3 Å². The summed E-state index contributed by atoms with van der Waals surface area (Å²) in [6, 6.07) is 8.33. The minimum atomic E-state index is -0.656. The molecule has 0 aliphatic carbocycles. The van der Waals surface area contributed by atoms with Crippen LogP contribution in [0.1, 0.15) is 21.9 Å². The molecule has 4 rings (SSSR count). The highest BCUT2D eigenvalue weighted by molar-refractivity contribution is 6.32. The summed E-state index contributed by atoms with van der Waals surface area (Å²) in [7, 11) is 0. The van der Waals surface area contributed by atoms with Crippen LogP contribution in [0.5, 0.6) is 11.5 Å². The number of nitro groups is 1. The van der Waals surface area contributed by atoms with Gasteiger partial charge in [-0.25, -0.2) is 0 Å². The Morgan fingerprint density at radius 3 is 2.89 bits per heavy atom. The third kappa shape index (κ3) is 3.60. The molecule has 0 N–H and O–H groups in total. The van der Waals surface area contributed by atoms with Gasteiger partial charge in [-0.05, 0) is 47.4 Å². The summed E-state index contributed by atoms with van der Waals surface area (Å²) in [5.74, 6) is 1.47. The molecular weight excluding hydrogens is 390 g/mol. The fourth-order valence-electron chi connectivity index (χ4n) is 2.62. The summed E-state index contributed by atoms with van der Waals surface area (Å²) < 4.78 is 17.4. The summed E-state index contributed by atoms with van der Waals surface area (Å²) in [4.78, 5) is 22.4. The van der Waals surface area contributed by atoms with Gasteiger partial charge in [-0.2, -0.15) is 4.68 Å². The lowest BCUT2D eigenvalue weighted by molar-refractivity contribution is -0.389. The topological polar surface area (TPSA) is 110 Å². The van der Waals surface area contributed by atoms with Gasteiger partial charge in [0.1, 0.15) is 18.1 Å². The molecule has 0 bridgehead atoms. The van der Waals surface area contributed by atoms with E-state index in [9.17, 15) is 14.9 Å². The molecule has 0 spiro atoms. The van der Waals surface area contributed by atoms with E-state index >= 15 is 0 Å². The van der Waals surface area contributed by atoms with Crippen LogP contribution in [0.4, 0.5) is 5.82 Å². The van der Waals surface area contributed by atoms with Crippen molar-refractivity contribution in [1.29, 1.82) is 0 Å². The minimum Gasteiger partial charge on any atom is -0.460 e. The lowest BCUT2D eigenvalue weighted by Gasteiger charge is -1.98. The van der Waals surface area contributed by atoms with Crippen molar-refractivity contribution in [2.75, 3.05) is 6.79 Å². The van der Waals surface area contributed by atoms with Gasteiger partial charge in [0.15, 0.2) is 22.3 Å². The molecule has 0 unspecified atom stereocenters. The maximum atomic E-state index is 12.3. The highest BCUT2D eigenvalue weighted by Crippen LogP contribution is 2.32. The van der Waals surface area contributed by atoms with E-state index in [-0.39, 0.29) is 24.1 Å². The van der Waals surface area contributed by atoms with E-state index in [1.165, 1.54) is 23.0 Å². The van der Waals surface area contributed by atoms with Gasteiger partial charge < -0.3 is 24.0 Å². The van der Waals surface area contributed by atoms with Gasteiger partial charge in [0, 0.05) is 5.56 Å². The van der Waals surface area contributed by atoms with Gasteiger partial charge in [0.25, 0.3) is 0 Å². The maximum Gasteiger partial charge on any atom is 0.408 e. The van der Waals surface area contributed by atoms with Crippen LogP contribution in [0.25, 0.3) is 6.08 Å². The number of carbonyl (C=O) groups is 1. The number of hydrogen-bond donors (Lipinski definition) is 0. The van der Waals surface area contributed by atoms with Crippen molar-refractivity contribution < 1.29 is 23.6 Å². The maximum absolute atomic E-state index is 12.3. The Bertz CT molecular complexity index is 1100. The van der Waals surface area contributed by atoms with E-state index in [0.29, 0.717) is 28.6 Å². The first-order valence-corrected chi connectivity index (χ1v) is 8.45. The van der Waals surface area contributed by atoms with Crippen LogP contribution < -0.4 is 9.47 Å². The van der Waals surface area contributed by atoms with Crippen LogP contribution in [0.3, 0.4) is 0 Å². The number of benzene rings is 1. The number of nitrogens with zero attached hydrogens (tertiary/aromatic N) is 3. The molecule has 0 amide bonds. The molecule has 3 aromatic rings. The first-order valence-electron chi connectivity index (χ1n) is 8.08. The summed E-state index contributed by atoms with van der Waals surface area (Å²) in [6.45, 7) is 0.306. The zero-order valence-corrected chi connectivity index (χ0v) is 15.0. The standard InChI is InChI=1S/C18H12ClN3O6/c19-14-9-21(20-18(14)22(24)25)8-13-3-2-12(28-13)4-5-15(23)11-1-6-16-17(7-11)27-10-26-16/h1-7,9H,8,10H2/b5-4+. The number of fused-ring (bicyclic) bond motifs is 1. The fourth-order valence-corrected chi connectivity index (χ4v) is 2.84. The molecule has 0 radical (unpaired) electrons. The van der Waals surface area contributed by atoms with Crippen molar-refractivity contribution in [3.8, 4) is 11.5 Å². The smallest absolute Gasteiger partial charge is 0.408 e. The first kappa shape index (κ1) is 17.8. The molecule has 1 aliphatic heterocycles. The number of carbonyl (C=O) groups excluding carboxylic acids is 1. The number of furan rings is 1. The monoisotopic (exact) mass is 401 g/mol. The van der Waals surface area contributed by atoms with Crippen LogP contribution in [-0.2, 0) is 6.54 Å². The van der Waals surface area contributed by atoms with Crippen molar-refractivity contribution in [2.45, 2.75) is 6.54 Å². The lowest BCUT2D eigenvalue weighted by Crippen LogP contribution is -2.00. The number of ether oxygens (including phenoxy) is 2. The highest BCUT2D eigenvalue weighted by Gasteiger charge is 2.19. The fraction of sp³-hybridized carbons (Fsp3) is 0.111. The Labute approximate surface area is 162 Å². The van der Waals surface area contributed by atoms with Crippen molar-refractivity contribution in [2.24, 2.45) is 0 Å². The summed E-state index contributed by atoms with van der Waals surface area (Å²) in [6.07, 6.45) is 4.27. The van der Waals surface area contributed by atoms with Gasteiger partial charge in [0.05, 0.1) is 11.3 Å². The average molecular weight is 402 g/mol. The Morgan fingerprint density at radius 2 is 2.11 bits per heavy atom. The zero-order chi connectivity index (χ0) is 19.7. The number of hydrogen-bond acceptors (Lipinski definition) is 7. The van der Waals surface area contributed by atoms with Crippen LogP contribution in [0, 0.1) is 10.1 Å². The van der Waals surface area contributed by atoms with Crippen molar-refractivity contribution in [1.82, 2.24) is 9.78 Å². The largest absolute Gasteiger partial charge is 0.460 e. The predicted octanol–water partition coefficient (Wildman–Crippen LogP) is 3.71. The molecule has 0 atom stereocenters. The van der Waals surface area contributed by atoms with Crippen molar-refractivity contribution in [3.05, 3.63) is 74.8 Å². The molecule has 0 saturated heterocycles. The van der Waals surface area contributed by atoms with Crippen LogP contribution in [0.15, 0.2) is 47.0 Å². The molecule has 142 valence electrons. The lowest BCUT2D eigenvalue weighted by atomic mass is 10.1. The third-order valence-electron chi connectivity index (χ3n) is 3.93. The number of allylic oxidation sites excluding steroid dienone is 1. The second kappa shape index (κ2) is 7.20. The van der Waals surface area contributed by atoms with Crippen LogP contribution in [-0.4, -0.2) is 27.3 Å². The molecule has 3 heterocycles. The molecule has 9 nitrogen and oxygen atoms in total. The Morgan fingerprint density at radius 1 is 1.29 bits per heavy atom. The van der Waals surface area contributed by atoms with E-state index < -0.39 is 10.7 Å². The van der Waals surface area contributed by atoms with Gasteiger partial charge in [-0.3, -0.25) is 4.79 Å². The third-order valence-corrected chi connectivity index (χ3v) is 4.20. The minimum absolute atomic E-state index is 0.0500. The molecule has 0 saturated carbocycles. The molecule has 2 aromatic heterocycles. The van der Waals surface area contributed by atoms with Gasteiger partial charge >= 0.3 is 5.82 Å². The highest BCUT2D eigenvalue weighted by atomic mass is 35.5. The molecule has 1 aromatic carbocycles. The van der Waals surface area contributed by atoms with Crippen molar-refractivity contribution >= 4 is 29.3 Å². The molecule has 10 heteroatoms. The normalized spacial score (nSPS) is 12.6. The second-order valence-electron chi connectivity index (χ2n) is 5.83. The Balaban J connectivity index is 1.43. The van der Waals surface area contributed by atoms with E-state index in [0.717, 1.165) is 0 Å². The predicted molar refractivity (Wildman–Crippen MR) is 97.6 cm³/mol. The Hall–Kier alpha value is -3.59. The zero-order valence-electron chi connectivity index (χ0n) is 14.2. The van der Waals surface area contributed by atoms with Crippen LogP contribution in [0.2, 0.25) is 5.02 Å². The number of aromatic nitrogens is 2. The van der Waals surface area contributed by atoms with E-state index in [1.807, 2.05) is 0 Å². The van der Waals surface area contributed by atoms with Gasteiger partial charge in [-0.15, -0.1) is 0 Å². The van der Waals surface area contributed by atoms with Gasteiger partial charge in [-0.1, -0.05) is 11.6 Å². The Kier molecular flexibility index (Phi) is 4.58. The molecular formula is C18H12ClN3O6. The SMILES string of the molecule is O=C(/C=C/c1ccc(Cn2cc(Cl)c([N+](=O)[O-])n2)o1)c1ccc2c(c1)OCO2. The molecule has 28 heavy (non-hydrogen) atoms. The summed E-state index contributed by atoms with van der Waals surface area (Å²) in [5.41, 5.74) is 0.464. The summed E-state index contributed by atoms with van der Waals surface area (Å²) in [5, 5.41) is 14.5. The first-order chi connectivity index (χ1) is 13.5. The number of ketones is 1. The van der Waals surface area contributed by atoms with Crippen molar-refractivity contribution in [3.63, 3.8) is 0 Å². The van der Waals surface area contributed by atoms with E-state index in [4.69, 9.17) is 25.5 Å². The average Bonchev–Trinajstić information content (AvgIpc) is 3.39. The second-order valence-corrected chi connectivity index (χ2v) is 6.23. The van der Waals surface area contributed by atoms with E-state index in [2.05, 4.69) is 5.10 Å². The van der Waals surface area contributed by atoms with Crippen LogP contribution >= 0.6 is 11.6 Å². The molecule has 0 fully saturated rings. The molecule has 1 aliphatic rings. The number of halogens is 1. The number of rotatable bonds is 6.